The molecule has 18 heteroatoms. The van der Waals surface area contributed by atoms with Crippen molar-refractivity contribution in [3.8, 4) is 0 Å². The molecule has 0 aromatic heterocycles. The van der Waals surface area contributed by atoms with Gasteiger partial charge >= 0.3 is 69.5 Å². The van der Waals surface area contributed by atoms with Crippen LogP contribution >= 0.6 is 12.4 Å². The molecule has 0 aromatic rings. The molecule has 22 N–H and O–H groups in total. The molecule has 18 heavy (non-hydrogen) atoms. The molecule has 0 amide bonds. The van der Waals surface area contributed by atoms with Crippen LogP contribution in [0.5, 0.6) is 0 Å². The van der Waals surface area contributed by atoms with Gasteiger partial charge in [-0.3, -0.25) is 9.11 Å². The molecule has 0 heterocycles. The summed E-state index contributed by atoms with van der Waals surface area (Å²) in [5, 5.41) is 0. The van der Waals surface area contributed by atoms with Crippen molar-refractivity contribution in [1.82, 2.24) is 0 Å². The topological polar surface area (TPSA) is 390 Å². The monoisotopic (exact) mass is 362 g/mol. The Morgan fingerprint density at radius 2 is 0.500 bits per heavy atom. The van der Waals surface area contributed by atoms with Crippen LogP contribution in [0, 0.1) is 0 Å². The summed E-state index contributed by atoms with van der Waals surface area (Å²) in [4.78, 5) is 0. The molecule has 0 saturated carbocycles. The molecule has 0 bridgehead atoms. The zero-order valence-electron chi connectivity index (χ0n) is 7.53. The summed E-state index contributed by atoms with van der Waals surface area (Å²) >= 11 is 0. The summed E-state index contributed by atoms with van der Waals surface area (Å²) in [5.74, 6) is 0. The Labute approximate surface area is 153 Å². The molecule has 0 radical (unpaired) electrons. The van der Waals surface area contributed by atoms with Gasteiger partial charge in [0.1, 0.15) is 0 Å². The van der Waals surface area contributed by atoms with Gasteiger partial charge in [0.05, 0.1) is 0 Å². The van der Waals surface area contributed by atoms with E-state index in [0.29, 0.717) is 0 Å². The Morgan fingerprint density at radius 1 is 0.500 bits per heavy atom. The first-order valence-electron chi connectivity index (χ1n) is 0.698. The maximum absolute atomic E-state index is 8.74. The molecule has 0 saturated heterocycles. The predicted octanol–water partition coefficient (Wildman–Crippen LogP) is -9.77. The maximum atomic E-state index is 8.74. The van der Waals surface area contributed by atoms with Crippen LogP contribution in [0.3, 0.4) is 0 Å². The van der Waals surface area contributed by atoms with E-state index in [4.69, 9.17) is 17.5 Å². The normalized spacial score (nSPS) is 3.22. The van der Waals surface area contributed by atoms with Gasteiger partial charge in [-0.15, -0.1) is 12.4 Å². The average Bonchev–Trinajstić information content (AvgIpc) is 0.722. The molecular weight excluding hydrogens is 337 g/mol. The van der Waals surface area contributed by atoms with Crippen molar-refractivity contribution >= 4 is 81.9 Å². The third-order valence-electron chi connectivity index (χ3n) is 0. The summed E-state index contributed by atoms with van der Waals surface area (Å²) in [7, 11) is -4.67. The van der Waals surface area contributed by atoms with E-state index in [1.807, 2.05) is 0 Å². The quantitative estimate of drug-likeness (QED) is 0.312. The molecule has 0 spiro atoms. The first-order valence-corrected chi connectivity index (χ1v) is 2.10. The minimum absolute atomic E-state index is 0. The van der Waals surface area contributed by atoms with Crippen molar-refractivity contribution in [3.05, 3.63) is 0 Å². The SMILES string of the molecule is Cl.O.O.O.O.O.O.O.O.O.O.O=S(=O)(O)O.[NaH].[NaH]. The number of hydrogen-bond acceptors (Lipinski definition) is 2. The first-order chi connectivity index (χ1) is 2.00. The molecule has 0 aliphatic heterocycles. The second kappa shape index (κ2) is 98.3. The number of rotatable bonds is 0. The van der Waals surface area contributed by atoms with Crippen LogP contribution in [0.1, 0.15) is 0 Å². The van der Waals surface area contributed by atoms with Gasteiger partial charge in [0.25, 0.3) is 0 Å². The molecule has 0 aromatic carbocycles. The molecule has 0 unspecified atom stereocenters. The Morgan fingerprint density at radius 3 is 0.500 bits per heavy atom. The summed E-state index contributed by atoms with van der Waals surface area (Å²) in [6.07, 6.45) is 0. The molecule has 124 valence electrons. The average molecular weight is 363 g/mol. The zero-order valence-corrected chi connectivity index (χ0v) is 9.16. The fourth-order valence-corrected chi connectivity index (χ4v) is 0. The van der Waals surface area contributed by atoms with Crippen molar-refractivity contribution < 1.29 is 72.3 Å². The van der Waals surface area contributed by atoms with E-state index in [2.05, 4.69) is 0 Å². The van der Waals surface area contributed by atoms with E-state index >= 15 is 0 Å². The molecule has 0 atom stereocenters. The van der Waals surface area contributed by atoms with Crippen LogP contribution in [0.25, 0.3) is 0 Å². The van der Waals surface area contributed by atoms with Gasteiger partial charge in [-0.25, -0.2) is 0 Å². The molecule has 0 aliphatic rings. The minimum atomic E-state index is -4.67. The second-order valence-corrected chi connectivity index (χ2v) is 1.34. The number of halogens is 1. The zero-order chi connectivity index (χ0) is 4.50. The van der Waals surface area contributed by atoms with E-state index in [1.165, 1.54) is 0 Å². The van der Waals surface area contributed by atoms with E-state index in [0.717, 1.165) is 0 Å². The van der Waals surface area contributed by atoms with Gasteiger partial charge in [-0.1, -0.05) is 0 Å². The predicted molar refractivity (Wildman–Crippen MR) is 71.9 cm³/mol. The Hall–Kier alpha value is 1.76. The van der Waals surface area contributed by atoms with Crippen LogP contribution in [-0.4, -0.2) is 131 Å². The van der Waals surface area contributed by atoms with Gasteiger partial charge in [-0.2, -0.15) is 8.42 Å². The first kappa shape index (κ1) is 210. The van der Waals surface area contributed by atoms with E-state index in [1.54, 1.807) is 0 Å². The standard InChI is InChI=1S/ClH.2Na.H2O4S.10H2O.2H/c;;;1-5(2,3)4;;;;;;;;;;;;/h1H;;;(H2,1,2,3,4);10*1H2;;. The van der Waals surface area contributed by atoms with Crippen LogP contribution < -0.4 is 0 Å². The van der Waals surface area contributed by atoms with Gasteiger partial charge in [0.2, 0.25) is 0 Å². The summed E-state index contributed by atoms with van der Waals surface area (Å²) in [6, 6.07) is 0. The van der Waals surface area contributed by atoms with Crippen LogP contribution in [0.2, 0.25) is 0 Å². The summed E-state index contributed by atoms with van der Waals surface area (Å²) in [5.41, 5.74) is 0. The van der Waals surface area contributed by atoms with E-state index in [9.17, 15) is 0 Å². The van der Waals surface area contributed by atoms with Crippen molar-refractivity contribution in [2.24, 2.45) is 0 Å². The second-order valence-electron chi connectivity index (χ2n) is 0.448. The van der Waals surface area contributed by atoms with E-state index in [-0.39, 0.29) is 126 Å². The van der Waals surface area contributed by atoms with Crippen molar-refractivity contribution in [1.29, 1.82) is 0 Å². The fourth-order valence-electron chi connectivity index (χ4n) is 0. The van der Waals surface area contributed by atoms with Gasteiger partial charge < -0.3 is 54.8 Å². The van der Waals surface area contributed by atoms with Gasteiger partial charge in [0.15, 0.2) is 0 Å². The Bertz CT molecular complexity index is 103. The van der Waals surface area contributed by atoms with E-state index < -0.39 is 10.4 Å². The summed E-state index contributed by atoms with van der Waals surface area (Å²) in [6.45, 7) is 0. The Kier molecular flexibility index (Phi) is 1140. The van der Waals surface area contributed by atoms with Gasteiger partial charge in [0, 0.05) is 0 Å². The van der Waals surface area contributed by atoms with Crippen LogP contribution in [-0.2, 0) is 10.4 Å². The molecule has 0 fully saturated rings. The molecule has 14 nitrogen and oxygen atoms in total. The van der Waals surface area contributed by atoms with Crippen molar-refractivity contribution in [2.45, 2.75) is 0 Å². The molecular formula is H25ClNa2O14S. The third kappa shape index (κ3) is 1610. The van der Waals surface area contributed by atoms with Crippen molar-refractivity contribution in [2.75, 3.05) is 0 Å². The van der Waals surface area contributed by atoms with Crippen LogP contribution in [0.4, 0.5) is 0 Å². The molecule has 0 aliphatic carbocycles. The summed E-state index contributed by atoms with van der Waals surface area (Å²) < 4.78 is 31.6. The Balaban J connectivity index is -0.00000000103. The van der Waals surface area contributed by atoms with Gasteiger partial charge in [-0.05, 0) is 0 Å². The van der Waals surface area contributed by atoms with Crippen LogP contribution in [0.15, 0.2) is 0 Å². The fraction of sp³-hybridized carbons (Fsp3) is 0. The number of hydrogen-bond donors (Lipinski definition) is 2. The van der Waals surface area contributed by atoms with Crippen molar-refractivity contribution in [3.63, 3.8) is 0 Å². The molecule has 0 rings (SSSR count). The third-order valence-corrected chi connectivity index (χ3v) is 0.